The van der Waals surface area contributed by atoms with E-state index in [1.165, 1.54) is 0 Å². The molecule has 0 amide bonds. The second-order valence-corrected chi connectivity index (χ2v) is 2.77. The maximum absolute atomic E-state index is 5.55. The summed E-state index contributed by atoms with van der Waals surface area (Å²) < 4.78 is 1.87. The molecule has 0 radical (unpaired) electrons. The zero-order valence-electron chi connectivity index (χ0n) is 6.63. The van der Waals surface area contributed by atoms with Crippen LogP contribution in [0.25, 0.3) is 0 Å². The van der Waals surface area contributed by atoms with Gasteiger partial charge in [0.05, 0.1) is 0 Å². The van der Waals surface area contributed by atoms with Gasteiger partial charge in [-0.1, -0.05) is 0 Å². The molecule has 0 aliphatic carbocycles. The van der Waals surface area contributed by atoms with Crippen LogP contribution >= 0.6 is 0 Å². The molecular weight excluding hydrogens is 126 g/mol. The van der Waals surface area contributed by atoms with Crippen LogP contribution in [0.4, 0.5) is 5.82 Å². The number of aryl methyl sites for hydroxylation is 1. The first-order chi connectivity index (χ1) is 4.61. The second-order valence-electron chi connectivity index (χ2n) is 2.77. The molecular formula is C7H13N3. The monoisotopic (exact) mass is 139 g/mol. The van der Waals surface area contributed by atoms with Gasteiger partial charge in [0.1, 0.15) is 5.82 Å². The van der Waals surface area contributed by atoms with Crippen molar-refractivity contribution in [3.05, 3.63) is 11.8 Å². The topological polar surface area (TPSA) is 43.8 Å². The predicted octanol–water partition coefficient (Wildman–Crippen LogP) is 1.35. The smallest absolute Gasteiger partial charge is 0.148 e. The summed E-state index contributed by atoms with van der Waals surface area (Å²) in [7, 11) is 0. The standard InChI is InChI=1S/C7H13N3/c1-5(2)10-4-6(3)7(8)9-10/h4-5H,1-3H3,(H2,8,9). The van der Waals surface area contributed by atoms with E-state index < -0.39 is 0 Å². The Kier molecular flexibility index (Phi) is 1.66. The fourth-order valence-electron chi connectivity index (χ4n) is 0.761. The Balaban J connectivity index is 2.98. The summed E-state index contributed by atoms with van der Waals surface area (Å²) in [5.41, 5.74) is 6.60. The lowest BCUT2D eigenvalue weighted by molar-refractivity contribution is 0.534. The van der Waals surface area contributed by atoms with Crippen LogP contribution in [0.15, 0.2) is 6.20 Å². The molecule has 1 heterocycles. The fraction of sp³-hybridized carbons (Fsp3) is 0.571. The van der Waals surface area contributed by atoms with Crippen molar-refractivity contribution in [2.45, 2.75) is 26.8 Å². The van der Waals surface area contributed by atoms with Crippen LogP contribution in [0.2, 0.25) is 0 Å². The lowest BCUT2D eigenvalue weighted by Crippen LogP contribution is -2.01. The van der Waals surface area contributed by atoms with E-state index in [0.29, 0.717) is 11.9 Å². The Morgan fingerprint density at radius 3 is 2.40 bits per heavy atom. The normalized spacial score (nSPS) is 10.8. The Morgan fingerprint density at radius 1 is 1.60 bits per heavy atom. The molecule has 2 N–H and O–H groups in total. The Morgan fingerprint density at radius 2 is 2.20 bits per heavy atom. The molecule has 0 saturated heterocycles. The van der Waals surface area contributed by atoms with E-state index in [9.17, 15) is 0 Å². The van der Waals surface area contributed by atoms with E-state index in [4.69, 9.17) is 5.73 Å². The molecule has 1 rings (SSSR count). The summed E-state index contributed by atoms with van der Waals surface area (Å²) >= 11 is 0. The first-order valence-corrected chi connectivity index (χ1v) is 3.42. The number of hydrogen-bond acceptors (Lipinski definition) is 2. The van der Waals surface area contributed by atoms with Gasteiger partial charge in [-0.05, 0) is 20.8 Å². The van der Waals surface area contributed by atoms with Gasteiger partial charge in [-0.25, -0.2) is 0 Å². The molecule has 0 unspecified atom stereocenters. The lowest BCUT2D eigenvalue weighted by Gasteiger charge is -2.02. The number of rotatable bonds is 1. The van der Waals surface area contributed by atoms with Gasteiger partial charge in [0.25, 0.3) is 0 Å². The third kappa shape index (κ3) is 1.12. The fourth-order valence-corrected chi connectivity index (χ4v) is 0.761. The second kappa shape index (κ2) is 2.33. The Hall–Kier alpha value is -0.990. The van der Waals surface area contributed by atoms with Crippen LogP contribution in [-0.4, -0.2) is 9.78 Å². The Bertz CT molecular complexity index is 205. The summed E-state index contributed by atoms with van der Waals surface area (Å²) in [4.78, 5) is 0. The third-order valence-electron chi connectivity index (χ3n) is 1.48. The average molecular weight is 139 g/mol. The summed E-state index contributed by atoms with van der Waals surface area (Å²) in [6, 6.07) is 0.399. The van der Waals surface area contributed by atoms with Crippen LogP contribution in [0, 0.1) is 6.92 Å². The van der Waals surface area contributed by atoms with Gasteiger partial charge in [0.2, 0.25) is 0 Å². The summed E-state index contributed by atoms with van der Waals surface area (Å²) in [5, 5.41) is 4.10. The molecule has 3 heteroatoms. The van der Waals surface area contributed by atoms with Gasteiger partial charge in [-0.2, -0.15) is 5.10 Å². The van der Waals surface area contributed by atoms with Crippen LogP contribution in [-0.2, 0) is 0 Å². The number of nitrogen functional groups attached to an aromatic ring is 1. The molecule has 0 atom stereocenters. The van der Waals surface area contributed by atoms with Gasteiger partial charge < -0.3 is 5.73 Å². The van der Waals surface area contributed by atoms with E-state index in [2.05, 4.69) is 18.9 Å². The van der Waals surface area contributed by atoms with Crippen LogP contribution in [0.5, 0.6) is 0 Å². The van der Waals surface area contributed by atoms with Crippen molar-refractivity contribution in [1.82, 2.24) is 9.78 Å². The van der Waals surface area contributed by atoms with Gasteiger partial charge in [0, 0.05) is 17.8 Å². The van der Waals surface area contributed by atoms with E-state index in [1.54, 1.807) is 0 Å². The first-order valence-electron chi connectivity index (χ1n) is 3.42. The molecule has 3 nitrogen and oxygen atoms in total. The minimum Gasteiger partial charge on any atom is -0.382 e. The molecule has 0 aliphatic heterocycles. The van der Waals surface area contributed by atoms with Gasteiger partial charge in [0.15, 0.2) is 0 Å². The number of aromatic nitrogens is 2. The number of nitrogens with zero attached hydrogens (tertiary/aromatic N) is 2. The third-order valence-corrected chi connectivity index (χ3v) is 1.48. The van der Waals surface area contributed by atoms with Crippen molar-refractivity contribution in [3.63, 3.8) is 0 Å². The zero-order valence-corrected chi connectivity index (χ0v) is 6.63. The van der Waals surface area contributed by atoms with Crippen molar-refractivity contribution in [3.8, 4) is 0 Å². The van der Waals surface area contributed by atoms with Gasteiger partial charge in [-0.15, -0.1) is 0 Å². The van der Waals surface area contributed by atoms with E-state index >= 15 is 0 Å². The highest BCUT2D eigenvalue weighted by atomic mass is 15.3. The van der Waals surface area contributed by atoms with Crippen LogP contribution < -0.4 is 5.73 Å². The van der Waals surface area contributed by atoms with Crippen molar-refractivity contribution in [1.29, 1.82) is 0 Å². The van der Waals surface area contributed by atoms with Crippen molar-refractivity contribution in [2.24, 2.45) is 0 Å². The highest BCUT2D eigenvalue weighted by Gasteiger charge is 2.01. The van der Waals surface area contributed by atoms with Gasteiger partial charge in [-0.3, -0.25) is 4.68 Å². The molecule has 0 saturated carbocycles. The van der Waals surface area contributed by atoms with E-state index in [1.807, 2.05) is 17.8 Å². The molecule has 0 aliphatic rings. The number of hydrogen-bond donors (Lipinski definition) is 1. The SMILES string of the molecule is Cc1cn(C(C)C)nc1N. The maximum atomic E-state index is 5.55. The van der Waals surface area contributed by atoms with Crippen molar-refractivity contribution in [2.75, 3.05) is 5.73 Å². The molecule has 1 aromatic rings. The average Bonchev–Trinajstić information content (AvgIpc) is 2.13. The molecule has 0 spiro atoms. The van der Waals surface area contributed by atoms with Crippen molar-refractivity contribution < 1.29 is 0 Å². The zero-order chi connectivity index (χ0) is 7.72. The maximum Gasteiger partial charge on any atom is 0.148 e. The van der Waals surface area contributed by atoms with Gasteiger partial charge >= 0.3 is 0 Å². The van der Waals surface area contributed by atoms with E-state index in [-0.39, 0.29) is 0 Å². The summed E-state index contributed by atoms with van der Waals surface area (Å²) in [6.45, 7) is 6.11. The largest absolute Gasteiger partial charge is 0.382 e. The minimum atomic E-state index is 0.399. The first kappa shape index (κ1) is 7.12. The highest BCUT2D eigenvalue weighted by Crippen LogP contribution is 2.10. The lowest BCUT2D eigenvalue weighted by atomic mass is 10.4. The number of anilines is 1. The molecule has 10 heavy (non-hydrogen) atoms. The molecule has 1 aromatic heterocycles. The molecule has 0 bridgehead atoms. The van der Waals surface area contributed by atoms with Crippen molar-refractivity contribution >= 4 is 5.82 Å². The quantitative estimate of drug-likeness (QED) is 0.638. The van der Waals surface area contributed by atoms with E-state index in [0.717, 1.165) is 5.56 Å². The number of nitrogens with two attached hydrogens (primary N) is 1. The minimum absolute atomic E-state index is 0.399. The highest BCUT2D eigenvalue weighted by molar-refractivity contribution is 5.35. The summed E-state index contributed by atoms with van der Waals surface area (Å²) in [6.07, 6.45) is 1.96. The predicted molar refractivity (Wildman–Crippen MR) is 41.8 cm³/mol. The molecule has 0 aromatic carbocycles. The Labute approximate surface area is 60.8 Å². The molecule has 56 valence electrons. The molecule has 0 fully saturated rings. The summed E-state index contributed by atoms with van der Waals surface area (Å²) in [5.74, 6) is 0.633. The van der Waals surface area contributed by atoms with Crippen LogP contribution in [0.1, 0.15) is 25.5 Å². The van der Waals surface area contributed by atoms with Crippen LogP contribution in [0.3, 0.4) is 0 Å².